The van der Waals surface area contributed by atoms with E-state index in [4.69, 9.17) is 9.47 Å². The van der Waals surface area contributed by atoms with Crippen LogP contribution in [0.25, 0.3) is 0 Å². The van der Waals surface area contributed by atoms with Gasteiger partial charge in [0.1, 0.15) is 12.4 Å². The summed E-state index contributed by atoms with van der Waals surface area (Å²) >= 11 is 0. The van der Waals surface area contributed by atoms with Crippen molar-refractivity contribution in [2.75, 3.05) is 39.9 Å². The first-order chi connectivity index (χ1) is 15.2. The molecule has 7 nitrogen and oxygen atoms in total. The van der Waals surface area contributed by atoms with Crippen molar-refractivity contribution in [2.45, 2.75) is 44.0 Å². The fourth-order valence-electron chi connectivity index (χ4n) is 4.80. The van der Waals surface area contributed by atoms with E-state index in [2.05, 4.69) is 5.32 Å². The number of halogens is 3. The molecule has 32 heavy (non-hydrogen) atoms. The number of nitrogens with one attached hydrogen (secondary N) is 1. The zero-order chi connectivity index (χ0) is 22.9. The van der Waals surface area contributed by atoms with Crippen molar-refractivity contribution < 1.29 is 32.2 Å². The summed E-state index contributed by atoms with van der Waals surface area (Å²) in [6.07, 6.45) is -1.59. The Bertz CT molecular complexity index is 855. The van der Waals surface area contributed by atoms with Gasteiger partial charge in [0, 0.05) is 26.2 Å². The molecule has 3 saturated heterocycles. The van der Waals surface area contributed by atoms with E-state index in [1.54, 1.807) is 4.90 Å². The highest BCUT2D eigenvalue weighted by Gasteiger charge is 2.38. The van der Waals surface area contributed by atoms with Gasteiger partial charge in [0.25, 0.3) is 0 Å². The molecule has 1 aromatic rings. The number of hydrogen-bond acceptors (Lipinski definition) is 4. The van der Waals surface area contributed by atoms with Crippen molar-refractivity contribution in [1.29, 1.82) is 0 Å². The van der Waals surface area contributed by atoms with E-state index in [1.165, 1.54) is 13.2 Å². The number of ether oxygens (including phenoxy) is 2. The minimum Gasteiger partial charge on any atom is -0.496 e. The van der Waals surface area contributed by atoms with Gasteiger partial charge < -0.3 is 24.6 Å². The summed E-state index contributed by atoms with van der Waals surface area (Å²) < 4.78 is 49.6. The first-order valence-corrected chi connectivity index (χ1v) is 10.9. The highest BCUT2D eigenvalue weighted by atomic mass is 19.4. The number of rotatable bonds is 3. The van der Waals surface area contributed by atoms with E-state index >= 15 is 0 Å². The van der Waals surface area contributed by atoms with Gasteiger partial charge in [-0.2, -0.15) is 13.2 Å². The van der Waals surface area contributed by atoms with E-state index in [0.29, 0.717) is 39.0 Å². The number of methoxy groups -OCH3 is 1. The number of morpholine rings is 1. The molecule has 0 saturated carbocycles. The largest absolute Gasteiger partial charge is 0.496 e. The van der Waals surface area contributed by atoms with Crippen LogP contribution in [0.4, 0.5) is 18.0 Å². The zero-order valence-electron chi connectivity index (χ0n) is 18.0. The molecule has 1 aromatic carbocycles. The van der Waals surface area contributed by atoms with Crippen LogP contribution in [0.3, 0.4) is 0 Å². The average Bonchev–Trinajstić information content (AvgIpc) is 2.78. The topological polar surface area (TPSA) is 71.1 Å². The van der Waals surface area contributed by atoms with Crippen molar-refractivity contribution in [2.24, 2.45) is 5.92 Å². The second kappa shape index (κ2) is 9.17. The number of urea groups is 1. The number of fused-ring (bicyclic) bond motifs is 1. The predicted molar refractivity (Wildman–Crippen MR) is 109 cm³/mol. The molecule has 0 unspecified atom stereocenters. The highest BCUT2D eigenvalue weighted by Crippen LogP contribution is 2.35. The fourth-order valence-corrected chi connectivity index (χ4v) is 4.80. The molecule has 3 aliphatic heterocycles. The van der Waals surface area contributed by atoms with E-state index in [9.17, 15) is 22.8 Å². The minimum atomic E-state index is -4.40. The summed E-state index contributed by atoms with van der Waals surface area (Å²) in [6.45, 7) is 2.31. The number of likely N-dealkylation sites (tertiary alicyclic amines) is 2. The summed E-state index contributed by atoms with van der Waals surface area (Å²) in [5, 5.41) is 2.91. The molecule has 0 spiro atoms. The van der Waals surface area contributed by atoms with Gasteiger partial charge in [-0.05, 0) is 49.3 Å². The van der Waals surface area contributed by atoms with Crippen LogP contribution in [0.5, 0.6) is 5.75 Å². The molecule has 0 radical (unpaired) electrons. The fraction of sp³-hybridized carbons (Fsp3) is 0.636. The third-order valence-corrected chi connectivity index (χ3v) is 6.60. The van der Waals surface area contributed by atoms with Gasteiger partial charge >= 0.3 is 12.2 Å². The molecule has 0 aromatic heterocycles. The van der Waals surface area contributed by atoms with E-state index in [0.717, 1.165) is 30.5 Å². The Morgan fingerprint density at radius 3 is 2.59 bits per heavy atom. The number of carbonyl (C=O) groups excluding carboxylic acids is 2. The van der Waals surface area contributed by atoms with Gasteiger partial charge in [0.2, 0.25) is 5.91 Å². The summed E-state index contributed by atoms with van der Waals surface area (Å²) in [5.74, 6) is 0.361. The van der Waals surface area contributed by atoms with Crippen LogP contribution in [0, 0.1) is 5.92 Å². The third kappa shape index (κ3) is 4.95. The standard InChI is InChI=1S/C22H28F3N3O4/c1-31-19-11-16(22(23,24)25)3-2-15(19)10-14-4-7-27(8-5-14)21(30)28-9-6-18-17(12-28)26-20(29)13-32-18/h2-3,11,14,17-18H,4-10,12-13H2,1H3,(H,26,29)/t17-,18+/m1/s1. The number of piperidine rings is 2. The monoisotopic (exact) mass is 455 g/mol. The Morgan fingerprint density at radius 1 is 1.19 bits per heavy atom. The Hall–Kier alpha value is -2.49. The molecule has 3 aliphatic rings. The smallest absolute Gasteiger partial charge is 0.416 e. The van der Waals surface area contributed by atoms with Crippen LogP contribution in [0.2, 0.25) is 0 Å². The van der Waals surface area contributed by atoms with Crippen LogP contribution in [0.1, 0.15) is 30.4 Å². The van der Waals surface area contributed by atoms with Crippen LogP contribution in [0.15, 0.2) is 18.2 Å². The van der Waals surface area contributed by atoms with Crippen molar-refractivity contribution in [3.63, 3.8) is 0 Å². The molecule has 0 bridgehead atoms. The van der Waals surface area contributed by atoms with E-state index < -0.39 is 11.7 Å². The minimum absolute atomic E-state index is 0.0335. The van der Waals surface area contributed by atoms with Crippen LogP contribution in [-0.2, 0) is 22.1 Å². The molecular formula is C22H28F3N3O4. The molecule has 2 atom stereocenters. The first-order valence-electron chi connectivity index (χ1n) is 10.9. The molecule has 10 heteroatoms. The van der Waals surface area contributed by atoms with Crippen molar-refractivity contribution in [3.8, 4) is 5.75 Å². The molecule has 4 rings (SSSR count). The lowest BCUT2D eigenvalue weighted by atomic mass is 9.89. The molecular weight excluding hydrogens is 427 g/mol. The second-order valence-corrected chi connectivity index (χ2v) is 8.70. The van der Waals surface area contributed by atoms with Crippen molar-refractivity contribution in [3.05, 3.63) is 29.3 Å². The van der Waals surface area contributed by atoms with Crippen molar-refractivity contribution in [1.82, 2.24) is 15.1 Å². The highest BCUT2D eigenvalue weighted by molar-refractivity contribution is 5.79. The summed E-state index contributed by atoms with van der Waals surface area (Å²) in [4.78, 5) is 28.2. The lowest BCUT2D eigenvalue weighted by Crippen LogP contribution is -2.62. The van der Waals surface area contributed by atoms with Gasteiger partial charge in [-0.3, -0.25) is 4.79 Å². The van der Waals surface area contributed by atoms with Crippen LogP contribution < -0.4 is 10.1 Å². The predicted octanol–water partition coefficient (Wildman–Crippen LogP) is 2.68. The van der Waals surface area contributed by atoms with Gasteiger partial charge in [0.15, 0.2) is 0 Å². The van der Waals surface area contributed by atoms with Crippen LogP contribution in [-0.4, -0.2) is 73.8 Å². The maximum atomic E-state index is 13.0. The number of alkyl halides is 3. The molecule has 3 fully saturated rings. The van der Waals surface area contributed by atoms with Crippen LogP contribution >= 0.6 is 0 Å². The first kappa shape index (κ1) is 22.7. The number of benzene rings is 1. The quantitative estimate of drug-likeness (QED) is 0.761. The molecule has 0 aliphatic carbocycles. The maximum absolute atomic E-state index is 13.0. The number of hydrogen-bond donors (Lipinski definition) is 1. The second-order valence-electron chi connectivity index (χ2n) is 8.70. The summed E-state index contributed by atoms with van der Waals surface area (Å²) in [6, 6.07) is 3.43. The lowest BCUT2D eigenvalue weighted by Gasteiger charge is -2.43. The number of nitrogens with zero attached hydrogens (tertiary/aromatic N) is 2. The van der Waals surface area contributed by atoms with E-state index in [-0.39, 0.29) is 42.4 Å². The third-order valence-electron chi connectivity index (χ3n) is 6.60. The Labute approximate surface area is 184 Å². The molecule has 1 N–H and O–H groups in total. The molecule has 3 amide bonds. The summed E-state index contributed by atoms with van der Waals surface area (Å²) in [7, 11) is 1.38. The van der Waals surface area contributed by atoms with Gasteiger partial charge in [-0.15, -0.1) is 0 Å². The zero-order valence-corrected chi connectivity index (χ0v) is 18.0. The molecule has 3 heterocycles. The Morgan fingerprint density at radius 2 is 1.91 bits per heavy atom. The average molecular weight is 455 g/mol. The van der Waals surface area contributed by atoms with Gasteiger partial charge in [-0.1, -0.05) is 6.07 Å². The Balaban J connectivity index is 1.31. The maximum Gasteiger partial charge on any atom is 0.416 e. The number of carbonyl (C=O) groups is 2. The van der Waals surface area contributed by atoms with Crippen molar-refractivity contribution >= 4 is 11.9 Å². The SMILES string of the molecule is COc1cc(C(F)(F)F)ccc1CC1CCN(C(=O)N2CC[C@@H]3OCC(=O)N[C@@H]3C2)CC1. The lowest BCUT2D eigenvalue weighted by molar-refractivity contribution is -0.140. The molecule has 176 valence electrons. The number of amides is 3. The normalized spacial score (nSPS) is 24.7. The van der Waals surface area contributed by atoms with Gasteiger partial charge in [-0.25, -0.2) is 4.79 Å². The van der Waals surface area contributed by atoms with Gasteiger partial charge in [0.05, 0.1) is 24.8 Å². The Kier molecular flexibility index (Phi) is 6.50. The summed E-state index contributed by atoms with van der Waals surface area (Å²) in [5.41, 5.74) is 0.0298. The van der Waals surface area contributed by atoms with E-state index in [1.807, 2.05) is 4.90 Å².